The van der Waals surface area contributed by atoms with Crippen molar-refractivity contribution in [2.75, 3.05) is 13.2 Å². The minimum atomic E-state index is -0.825. The molecule has 0 atom stereocenters. The number of ether oxygens (including phenoxy) is 2. The Kier molecular flexibility index (Phi) is 8.30. The maximum atomic E-state index is 14.0. The van der Waals surface area contributed by atoms with E-state index in [4.69, 9.17) is 9.47 Å². The summed E-state index contributed by atoms with van der Waals surface area (Å²) in [6.07, 6.45) is 3.21. The molecule has 1 aromatic carbocycles. The second kappa shape index (κ2) is 9.98. The van der Waals surface area contributed by atoms with Crippen LogP contribution in [0.1, 0.15) is 67.2 Å². The van der Waals surface area contributed by atoms with Crippen molar-refractivity contribution >= 4 is 11.9 Å². The van der Waals surface area contributed by atoms with E-state index in [1.54, 1.807) is 0 Å². The molecule has 128 valence electrons. The summed E-state index contributed by atoms with van der Waals surface area (Å²) in [7, 11) is 0. The van der Waals surface area contributed by atoms with Crippen molar-refractivity contribution in [3.8, 4) is 0 Å². The Labute approximate surface area is 137 Å². The van der Waals surface area contributed by atoms with Gasteiger partial charge in [0.15, 0.2) is 0 Å². The molecule has 0 saturated heterocycles. The Morgan fingerprint density at radius 3 is 2.39 bits per heavy atom. The third-order valence-corrected chi connectivity index (χ3v) is 3.33. The molecule has 0 aliphatic heterocycles. The lowest BCUT2D eigenvalue weighted by Crippen LogP contribution is -2.17. The molecule has 0 radical (unpaired) electrons. The molecular formula is C18H25FO4. The zero-order valence-corrected chi connectivity index (χ0v) is 14.1. The van der Waals surface area contributed by atoms with Crippen LogP contribution in [0.3, 0.4) is 0 Å². The van der Waals surface area contributed by atoms with Crippen LogP contribution in [0.15, 0.2) is 18.2 Å². The number of rotatable bonds is 9. The summed E-state index contributed by atoms with van der Waals surface area (Å²) in [5, 5.41) is 0. The fraction of sp³-hybridized carbons (Fsp3) is 0.556. The predicted octanol–water partition coefficient (Wildman–Crippen LogP) is 4.38. The molecule has 0 aliphatic rings. The van der Waals surface area contributed by atoms with Crippen molar-refractivity contribution < 1.29 is 23.5 Å². The number of carbonyl (C=O) groups is 2. The minimum Gasteiger partial charge on any atom is -0.462 e. The molecule has 5 heteroatoms. The first-order chi connectivity index (χ1) is 11.0. The Bertz CT molecular complexity index is 526. The van der Waals surface area contributed by atoms with Gasteiger partial charge >= 0.3 is 11.9 Å². The molecule has 1 aromatic rings. The number of benzene rings is 1. The topological polar surface area (TPSA) is 52.6 Å². The van der Waals surface area contributed by atoms with Crippen LogP contribution in [0.5, 0.6) is 0 Å². The van der Waals surface area contributed by atoms with Gasteiger partial charge in [-0.1, -0.05) is 33.3 Å². The minimum absolute atomic E-state index is 0.0880. The van der Waals surface area contributed by atoms with E-state index in [0.29, 0.717) is 12.3 Å². The summed E-state index contributed by atoms with van der Waals surface area (Å²) >= 11 is 0. The molecule has 0 fully saturated rings. The quantitative estimate of drug-likeness (QED) is 0.500. The highest BCUT2D eigenvalue weighted by molar-refractivity contribution is 6.03. The smallest absolute Gasteiger partial charge is 0.342 e. The van der Waals surface area contributed by atoms with Gasteiger partial charge < -0.3 is 9.47 Å². The molecule has 0 unspecified atom stereocenters. The van der Waals surface area contributed by atoms with Gasteiger partial charge in [0, 0.05) is 0 Å². The third-order valence-electron chi connectivity index (χ3n) is 3.33. The maximum Gasteiger partial charge on any atom is 0.342 e. The van der Waals surface area contributed by atoms with Gasteiger partial charge in [-0.05, 0) is 37.3 Å². The average Bonchev–Trinajstić information content (AvgIpc) is 2.51. The lowest BCUT2D eigenvalue weighted by atomic mass is 10.1. The Hall–Kier alpha value is -1.91. The van der Waals surface area contributed by atoms with Gasteiger partial charge in [-0.15, -0.1) is 0 Å². The van der Waals surface area contributed by atoms with E-state index >= 15 is 0 Å². The summed E-state index contributed by atoms with van der Waals surface area (Å²) in [6.45, 7) is 6.56. The average molecular weight is 324 g/mol. The van der Waals surface area contributed by atoms with Crippen LogP contribution in [0, 0.1) is 11.7 Å². The molecular weight excluding hydrogens is 299 g/mol. The second-order valence-electron chi connectivity index (χ2n) is 5.82. The van der Waals surface area contributed by atoms with Crippen molar-refractivity contribution in [3.63, 3.8) is 0 Å². The van der Waals surface area contributed by atoms with E-state index in [0.717, 1.165) is 25.3 Å². The van der Waals surface area contributed by atoms with Crippen LogP contribution in [-0.4, -0.2) is 25.2 Å². The molecule has 0 amide bonds. The molecule has 0 aliphatic carbocycles. The molecule has 0 heterocycles. The monoisotopic (exact) mass is 324 g/mol. The highest BCUT2D eigenvalue weighted by Gasteiger charge is 2.23. The zero-order valence-electron chi connectivity index (χ0n) is 14.1. The molecule has 23 heavy (non-hydrogen) atoms. The maximum absolute atomic E-state index is 14.0. The fourth-order valence-electron chi connectivity index (χ4n) is 2.02. The number of unbranched alkanes of at least 4 members (excludes halogenated alkanes) is 1. The Morgan fingerprint density at radius 2 is 1.74 bits per heavy atom. The van der Waals surface area contributed by atoms with Crippen molar-refractivity contribution in [1.82, 2.24) is 0 Å². The highest BCUT2D eigenvalue weighted by Crippen LogP contribution is 2.17. The van der Waals surface area contributed by atoms with Crippen molar-refractivity contribution in [2.45, 2.75) is 46.5 Å². The molecule has 1 rings (SSSR count). The van der Waals surface area contributed by atoms with E-state index in [9.17, 15) is 14.0 Å². The summed E-state index contributed by atoms with van der Waals surface area (Å²) in [5.74, 6) is -1.79. The van der Waals surface area contributed by atoms with Crippen LogP contribution < -0.4 is 0 Å². The normalized spacial score (nSPS) is 10.7. The number of hydrogen-bond donors (Lipinski definition) is 0. The number of halogens is 1. The van der Waals surface area contributed by atoms with Crippen LogP contribution in [-0.2, 0) is 9.47 Å². The first-order valence-corrected chi connectivity index (χ1v) is 8.10. The van der Waals surface area contributed by atoms with Gasteiger partial charge in [0.05, 0.1) is 18.8 Å². The van der Waals surface area contributed by atoms with Gasteiger partial charge in [-0.2, -0.15) is 0 Å². The summed E-state index contributed by atoms with van der Waals surface area (Å²) in [5.41, 5.74) is -0.437. The lowest BCUT2D eigenvalue weighted by Gasteiger charge is -2.11. The van der Waals surface area contributed by atoms with Gasteiger partial charge in [0.2, 0.25) is 0 Å². The van der Waals surface area contributed by atoms with E-state index in [1.807, 2.05) is 6.92 Å². The van der Waals surface area contributed by atoms with E-state index in [-0.39, 0.29) is 24.3 Å². The molecule has 0 N–H and O–H groups in total. The summed E-state index contributed by atoms with van der Waals surface area (Å²) in [6, 6.07) is 3.89. The second-order valence-corrected chi connectivity index (χ2v) is 5.82. The number of esters is 2. The van der Waals surface area contributed by atoms with Gasteiger partial charge in [0.1, 0.15) is 11.4 Å². The van der Waals surface area contributed by atoms with Gasteiger partial charge in [0.25, 0.3) is 0 Å². The molecule has 0 aromatic heterocycles. The number of carbonyl (C=O) groups excluding carboxylic acids is 2. The van der Waals surface area contributed by atoms with Crippen molar-refractivity contribution in [2.24, 2.45) is 5.92 Å². The SMILES string of the molecule is CCCCOC(=O)c1cccc(F)c1C(=O)OCCCC(C)C. The lowest BCUT2D eigenvalue weighted by molar-refractivity contribution is 0.0445. The standard InChI is InChI=1S/C18H25FO4/c1-4-5-11-22-17(20)14-9-6-10-15(19)16(14)18(21)23-12-7-8-13(2)3/h6,9-10,13H,4-5,7-8,11-12H2,1-3H3. The van der Waals surface area contributed by atoms with Crippen molar-refractivity contribution in [3.05, 3.63) is 35.1 Å². The molecule has 0 spiro atoms. The van der Waals surface area contributed by atoms with E-state index < -0.39 is 17.8 Å². The highest BCUT2D eigenvalue weighted by atomic mass is 19.1. The summed E-state index contributed by atoms with van der Waals surface area (Å²) in [4.78, 5) is 24.1. The van der Waals surface area contributed by atoms with Gasteiger partial charge in [-0.3, -0.25) is 0 Å². The molecule has 0 bridgehead atoms. The number of hydrogen-bond acceptors (Lipinski definition) is 4. The van der Waals surface area contributed by atoms with Crippen LogP contribution in [0.4, 0.5) is 4.39 Å². The first-order valence-electron chi connectivity index (χ1n) is 8.10. The van der Waals surface area contributed by atoms with Crippen molar-refractivity contribution in [1.29, 1.82) is 0 Å². The van der Waals surface area contributed by atoms with Crippen LogP contribution in [0.2, 0.25) is 0 Å². The Balaban J connectivity index is 2.76. The molecule has 4 nitrogen and oxygen atoms in total. The predicted molar refractivity (Wildman–Crippen MR) is 85.9 cm³/mol. The Morgan fingerprint density at radius 1 is 1.09 bits per heavy atom. The van der Waals surface area contributed by atoms with Gasteiger partial charge in [-0.25, -0.2) is 14.0 Å². The van der Waals surface area contributed by atoms with Crippen LogP contribution >= 0.6 is 0 Å². The van der Waals surface area contributed by atoms with E-state index in [2.05, 4.69) is 13.8 Å². The summed E-state index contributed by atoms with van der Waals surface area (Å²) < 4.78 is 24.1. The van der Waals surface area contributed by atoms with E-state index in [1.165, 1.54) is 12.1 Å². The van der Waals surface area contributed by atoms with Crippen LogP contribution in [0.25, 0.3) is 0 Å². The third kappa shape index (κ3) is 6.38. The fourth-order valence-corrected chi connectivity index (χ4v) is 2.02. The first kappa shape index (κ1) is 19.1. The molecule has 0 saturated carbocycles. The zero-order chi connectivity index (χ0) is 17.2. The largest absolute Gasteiger partial charge is 0.462 e.